The zero-order valence-electron chi connectivity index (χ0n) is 11.1. The quantitative estimate of drug-likeness (QED) is 0.874. The van der Waals surface area contributed by atoms with E-state index in [0.717, 1.165) is 24.8 Å². The van der Waals surface area contributed by atoms with E-state index in [1.807, 2.05) is 6.07 Å². The fraction of sp³-hybridized carbons (Fsp3) is 0.467. The van der Waals surface area contributed by atoms with Crippen LogP contribution in [0.1, 0.15) is 18.4 Å². The van der Waals surface area contributed by atoms with E-state index in [9.17, 15) is 0 Å². The van der Waals surface area contributed by atoms with Crippen LogP contribution in [0.4, 0.5) is 0 Å². The number of nitrogens with zero attached hydrogens (tertiary/aromatic N) is 1. The van der Waals surface area contributed by atoms with Crippen LogP contribution in [0.5, 0.6) is 5.75 Å². The van der Waals surface area contributed by atoms with E-state index in [4.69, 9.17) is 4.74 Å². The molecule has 0 amide bonds. The largest absolute Gasteiger partial charge is 0.497 e. The van der Waals surface area contributed by atoms with Crippen LogP contribution < -0.4 is 10.1 Å². The Morgan fingerprint density at radius 1 is 1.39 bits per heavy atom. The van der Waals surface area contributed by atoms with Crippen molar-refractivity contribution in [1.29, 1.82) is 0 Å². The first-order valence-electron chi connectivity index (χ1n) is 6.63. The van der Waals surface area contributed by atoms with Gasteiger partial charge in [-0.1, -0.05) is 0 Å². The first-order chi connectivity index (χ1) is 8.78. The average molecular weight is 244 g/mol. The topological polar surface area (TPSA) is 26.2 Å². The van der Waals surface area contributed by atoms with Crippen LogP contribution in [0, 0.1) is 0 Å². The van der Waals surface area contributed by atoms with E-state index in [1.54, 1.807) is 7.11 Å². The van der Waals surface area contributed by atoms with E-state index in [0.29, 0.717) is 0 Å². The van der Waals surface area contributed by atoms with Gasteiger partial charge in [0.2, 0.25) is 0 Å². The minimum atomic E-state index is 0.787. The number of benzene rings is 1. The maximum atomic E-state index is 5.31. The monoisotopic (exact) mass is 244 g/mol. The normalized spacial score (nSPS) is 15.2. The fourth-order valence-electron chi connectivity index (χ4n) is 2.48. The van der Waals surface area contributed by atoms with Crippen molar-refractivity contribution in [3.8, 4) is 5.75 Å². The van der Waals surface area contributed by atoms with Gasteiger partial charge in [-0.15, -0.1) is 0 Å². The fourth-order valence-corrected chi connectivity index (χ4v) is 2.48. The number of nitrogens with one attached hydrogen (secondary N) is 1. The van der Waals surface area contributed by atoms with Gasteiger partial charge in [-0.2, -0.15) is 0 Å². The van der Waals surface area contributed by atoms with Crippen molar-refractivity contribution in [2.24, 2.45) is 7.05 Å². The summed E-state index contributed by atoms with van der Waals surface area (Å²) in [5.74, 6) is 0.935. The summed E-state index contributed by atoms with van der Waals surface area (Å²) < 4.78 is 7.51. The number of methoxy groups -OCH3 is 1. The average Bonchev–Trinajstić information content (AvgIpc) is 3.15. The molecule has 1 N–H and O–H groups in total. The SMILES string of the molecule is COc1ccc2c(c1)c(CCNC1CC1)cn2C. The molecule has 3 heteroatoms. The number of fused-ring (bicyclic) bond motifs is 1. The Labute approximate surface area is 108 Å². The Hall–Kier alpha value is -1.48. The zero-order valence-corrected chi connectivity index (χ0v) is 11.1. The predicted octanol–water partition coefficient (Wildman–Crippen LogP) is 2.48. The lowest BCUT2D eigenvalue weighted by Crippen LogP contribution is -2.19. The molecule has 0 saturated heterocycles. The van der Waals surface area contributed by atoms with Gasteiger partial charge in [0, 0.05) is 30.2 Å². The maximum Gasteiger partial charge on any atom is 0.119 e. The lowest BCUT2D eigenvalue weighted by molar-refractivity contribution is 0.415. The molecule has 0 atom stereocenters. The van der Waals surface area contributed by atoms with Crippen molar-refractivity contribution >= 4 is 10.9 Å². The molecule has 1 aliphatic rings. The van der Waals surface area contributed by atoms with Gasteiger partial charge in [-0.05, 0) is 49.6 Å². The van der Waals surface area contributed by atoms with Crippen LogP contribution in [-0.2, 0) is 13.5 Å². The van der Waals surface area contributed by atoms with E-state index in [2.05, 4.69) is 35.3 Å². The molecule has 2 aromatic rings. The van der Waals surface area contributed by atoms with Gasteiger partial charge in [0.05, 0.1) is 7.11 Å². The van der Waals surface area contributed by atoms with E-state index >= 15 is 0 Å². The highest BCUT2D eigenvalue weighted by atomic mass is 16.5. The molecule has 1 aromatic heterocycles. The van der Waals surface area contributed by atoms with Gasteiger partial charge in [0.1, 0.15) is 5.75 Å². The van der Waals surface area contributed by atoms with E-state index in [-0.39, 0.29) is 0 Å². The second-order valence-electron chi connectivity index (χ2n) is 5.13. The summed E-state index contributed by atoms with van der Waals surface area (Å²) in [5.41, 5.74) is 2.68. The summed E-state index contributed by atoms with van der Waals surface area (Å²) in [6.45, 7) is 1.07. The van der Waals surface area contributed by atoms with Gasteiger partial charge >= 0.3 is 0 Å². The van der Waals surface area contributed by atoms with Gasteiger partial charge in [-0.25, -0.2) is 0 Å². The maximum absolute atomic E-state index is 5.31. The Balaban J connectivity index is 1.84. The summed E-state index contributed by atoms with van der Waals surface area (Å²) in [7, 11) is 3.82. The smallest absolute Gasteiger partial charge is 0.119 e. The summed E-state index contributed by atoms with van der Waals surface area (Å²) >= 11 is 0. The third-order valence-electron chi connectivity index (χ3n) is 3.68. The lowest BCUT2D eigenvalue weighted by Gasteiger charge is -2.03. The number of aromatic nitrogens is 1. The molecule has 1 aliphatic carbocycles. The molecule has 18 heavy (non-hydrogen) atoms. The molecule has 0 bridgehead atoms. The number of aryl methyl sites for hydroxylation is 1. The van der Waals surface area contributed by atoms with Gasteiger partial charge < -0.3 is 14.6 Å². The summed E-state index contributed by atoms with van der Waals surface area (Å²) in [5, 5.41) is 4.88. The highest BCUT2D eigenvalue weighted by molar-refractivity contribution is 5.85. The molecule has 3 nitrogen and oxygen atoms in total. The third-order valence-corrected chi connectivity index (χ3v) is 3.68. The number of hydrogen-bond donors (Lipinski definition) is 1. The van der Waals surface area contributed by atoms with Gasteiger partial charge in [0.25, 0.3) is 0 Å². The first kappa shape index (κ1) is 11.6. The number of rotatable bonds is 5. The third kappa shape index (κ3) is 2.23. The Kier molecular flexibility index (Phi) is 3.00. The molecule has 0 spiro atoms. The van der Waals surface area contributed by atoms with Crippen LogP contribution in [-0.4, -0.2) is 24.3 Å². The minimum absolute atomic E-state index is 0.787. The first-order valence-corrected chi connectivity index (χ1v) is 6.63. The molecule has 0 unspecified atom stereocenters. The van der Waals surface area contributed by atoms with Crippen molar-refractivity contribution in [1.82, 2.24) is 9.88 Å². The van der Waals surface area contributed by atoms with Gasteiger partial charge in [-0.3, -0.25) is 0 Å². The standard InChI is InChI=1S/C15H20N2O/c1-17-10-11(7-8-16-12-3-4-12)14-9-13(18-2)5-6-15(14)17/h5-6,9-10,12,16H,3-4,7-8H2,1-2H3. The molecule has 1 aromatic carbocycles. The van der Waals surface area contributed by atoms with Crippen LogP contribution in [0.25, 0.3) is 10.9 Å². The van der Waals surface area contributed by atoms with Crippen molar-refractivity contribution in [2.45, 2.75) is 25.3 Å². The summed E-state index contributed by atoms with van der Waals surface area (Å²) in [4.78, 5) is 0. The van der Waals surface area contributed by atoms with Crippen molar-refractivity contribution in [3.63, 3.8) is 0 Å². The van der Waals surface area contributed by atoms with Crippen LogP contribution >= 0.6 is 0 Å². The lowest BCUT2D eigenvalue weighted by atomic mass is 10.1. The Morgan fingerprint density at radius 2 is 2.22 bits per heavy atom. The van der Waals surface area contributed by atoms with Gasteiger partial charge in [0.15, 0.2) is 0 Å². The van der Waals surface area contributed by atoms with Crippen molar-refractivity contribution in [2.75, 3.05) is 13.7 Å². The molecular weight excluding hydrogens is 224 g/mol. The molecule has 1 saturated carbocycles. The zero-order chi connectivity index (χ0) is 12.5. The van der Waals surface area contributed by atoms with Crippen LogP contribution in [0.3, 0.4) is 0 Å². The van der Waals surface area contributed by atoms with E-state index < -0.39 is 0 Å². The predicted molar refractivity (Wildman–Crippen MR) is 74.2 cm³/mol. The highest BCUT2D eigenvalue weighted by Crippen LogP contribution is 2.26. The number of hydrogen-bond acceptors (Lipinski definition) is 2. The molecule has 0 radical (unpaired) electrons. The Morgan fingerprint density at radius 3 is 2.94 bits per heavy atom. The van der Waals surface area contributed by atoms with Crippen molar-refractivity contribution < 1.29 is 4.74 Å². The second kappa shape index (κ2) is 4.65. The molecular formula is C15H20N2O. The number of ether oxygens (including phenoxy) is 1. The summed E-state index contributed by atoms with van der Waals surface area (Å²) in [6.07, 6.45) is 6.02. The molecule has 1 fully saturated rings. The van der Waals surface area contributed by atoms with Crippen LogP contribution in [0.15, 0.2) is 24.4 Å². The summed E-state index contributed by atoms with van der Waals surface area (Å²) in [6, 6.07) is 7.08. The minimum Gasteiger partial charge on any atom is -0.497 e. The second-order valence-corrected chi connectivity index (χ2v) is 5.13. The molecule has 0 aliphatic heterocycles. The van der Waals surface area contributed by atoms with Crippen LogP contribution in [0.2, 0.25) is 0 Å². The highest BCUT2D eigenvalue weighted by Gasteiger charge is 2.19. The molecule has 96 valence electrons. The van der Waals surface area contributed by atoms with E-state index in [1.165, 1.54) is 29.3 Å². The Bertz CT molecular complexity index is 555. The molecule has 1 heterocycles. The van der Waals surface area contributed by atoms with Crippen molar-refractivity contribution in [3.05, 3.63) is 30.0 Å². The molecule has 3 rings (SSSR count).